The van der Waals surface area contributed by atoms with Crippen LogP contribution in [0.5, 0.6) is 0 Å². The molecular weight excluding hydrogens is 375 g/mol. The van der Waals surface area contributed by atoms with Gasteiger partial charge >= 0.3 is 5.97 Å². The predicted octanol–water partition coefficient (Wildman–Crippen LogP) is 3.57. The third kappa shape index (κ3) is 3.60. The lowest BCUT2D eigenvalue weighted by molar-refractivity contribution is -0.132. The molecule has 0 radical (unpaired) electrons. The molecule has 3 N–H and O–H groups in total. The van der Waals surface area contributed by atoms with Crippen molar-refractivity contribution in [3.8, 4) is 0 Å². The number of hydrogen-bond donors (Lipinski definition) is 3. The second-order valence-corrected chi connectivity index (χ2v) is 6.68. The summed E-state index contributed by atoms with van der Waals surface area (Å²) in [6.45, 7) is 1.96. The molecule has 8 heteroatoms. The zero-order valence-corrected chi connectivity index (χ0v) is 15.4. The molecule has 2 heterocycles. The van der Waals surface area contributed by atoms with Gasteiger partial charge in [0.05, 0.1) is 12.2 Å². The second kappa shape index (κ2) is 7.23. The minimum absolute atomic E-state index is 0.0422. The fourth-order valence-electron chi connectivity index (χ4n) is 3.12. The van der Waals surface area contributed by atoms with Crippen molar-refractivity contribution in [1.29, 1.82) is 0 Å². The molecule has 3 aromatic rings. The van der Waals surface area contributed by atoms with Crippen molar-refractivity contribution in [2.75, 3.05) is 10.6 Å². The lowest BCUT2D eigenvalue weighted by atomic mass is 10.0. The first kappa shape index (κ1) is 18.4. The molecule has 0 aliphatic carbocycles. The monoisotopic (exact) mass is 392 g/mol. The molecule has 0 saturated carbocycles. The van der Waals surface area contributed by atoms with Crippen molar-refractivity contribution >= 4 is 23.4 Å². The summed E-state index contributed by atoms with van der Waals surface area (Å²) in [6.07, 6.45) is 2.93. The van der Waals surface area contributed by atoms with E-state index in [1.54, 1.807) is 10.8 Å². The van der Waals surface area contributed by atoms with Crippen LogP contribution in [0.3, 0.4) is 0 Å². The SMILES string of the molecule is Cc1ccc(C2C=C(C(=O)O)Nc3c(C(=O)Nc4ccc(F)cc4)cnn32)cc1. The normalized spacial score (nSPS) is 15.1. The van der Waals surface area contributed by atoms with Crippen LogP contribution in [-0.2, 0) is 4.79 Å². The third-order valence-corrected chi connectivity index (χ3v) is 4.63. The van der Waals surface area contributed by atoms with Crippen LogP contribution in [0.1, 0.15) is 27.5 Å². The summed E-state index contributed by atoms with van der Waals surface area (Å²) in [6, 6.07) is 12.5. The maximum absolute atomic E-state index is 13.1. The van der Waals surface area contributed by atoms with E-state index in [4.69, 9.17) is 0 Å². The van der Waals surface area contributed by atoms with Crippen molar-refractivity contribution in [3.05, 3.63) is 89.0 Å². The average molecular weight is 392 g/mol. The Hall–Kier alpha value is -3.94. The van der Waals surface area contributed by atoms with Crippen LogP contribution < -0.4 is 10.6 Å². The fourth-order valence-corrected chi connectivity index (χ4v) is 3.12. The Morgan fingerprint density at radius 2 is 1.83 bits per heavy atom. The third-order valence-electron chi connectivity index (χ3n) is 4.63. The number of carbonyl (C=O) groups excluding carboxylic acids is 1. The number of carboxylic acids is 1. The van der Waals surface area contributed by atoms with Crippen LogP contribution in [0.2, 0.25) is 0 Å². The Morgan fingerprint density at radius 1 is 1.14 bits per heavy atom. The number of nitrogens with one attached hydrogen (secondary N) is 2. The summed E-state index contributed by atoms with van der Waals surface area (Å²) < 4.78 is 14.6. The predicted molar refractivity (Wildman–Crippen MR) is 105 cm³/mol. The fraction of sp³-hybridized carbons (Fsp3) is 0.0952. The molecule has 1 amide bonds. The number of nitrogens with zero attached hydrogens (tertiary/aromatic N) is 2. The number of fused-ring (bicyclic) bond motifs is 1. The van der Waals surface area contributed by atoms with Crippen LogP contribution in [0.25, 0.3) is 0 Å². The molecule has 7 nitrogen and oxygen atoms in total. The van der Waals surface area contributed by atoms with E-state index >= 15 is 0 Å². The van der Waals surface area contributed by atoms with Gasteiger partial charge in [-0.05, 0) is 42.8 Å². The molecular formula is C21H17FN4O3. The Labute approximate surface area is 165 Å². The molecule has 4 rings (SSSR count). The molecule has 1 aromatic heterocycles. The van der Waals surface area contributed by atoms with Gasteiger partial charge in [0.2, 0.25) is 0 Å². The standard InChI is InChI=1S/C21H17FN4O3/c1-12-2-4-13(5-3-12)18-10-17(21(28)29)25-19-16(11-23-26(18)19)20(27)24-15-8-6-14(22)7-9-15/h2-11,18,25H,1H3,(H,24,27)(H,28,29). The summed E-state index contributed by atoms with van der Waals surface area (Å²) >= 11 is 0. The number of aromatic nitrogens is 2. The van der Waals surface area contributed by atoms with E-state index in [0.29, 0.717) is 5.69 Å². The number of anilines is 2. The van der Waals surface area contributed by atoms with E-state index in [1.807, 2.05) is 31.2 Å². The highest BCUT2D eigenvalue weighted by Gasteiger charge is 2.29. The van der Waals surface area contributed by atoms with Crippen molar-refractivity contribution < 1.29 is 19.1 Å². The Balaban J connectivity index is 1.70. The summed E-state index contributed by atoms with van der Waals surface area (Å²) in [4.78, 5) is 24.4. The number of hydrogen-bond acceptors (Lipinski definition) is 4. The number of allylic oxidation sites excluding steroid dienone is 1. The van der Waals surface area contributed by atoms with Crippen LogP contribution in [0, 0.1) is 12.7 Å². The van der Waals surface area contributed by atoms with Crippen LogP contribution in [-0.4, -0.2) is 26.8 Å². The van der Waals surface area contributed by atoms with E-state index in [0.717, 1.165) is 11.1 Å². The Bertz CT molecular complexity index is 1120. The largest absolute Gasteiger partial charge is 0.477 e. The summed E-state index contributed by atoms with van der Waals surface area (Å²) in [5, 5.41) is 19.2. The van der Waals surface area contributed by atoms with E-state index in [1.165, 1.54) is 30.5 Å². The summed E-state index contributed by atoms with van der Waals surface area (Å²) in [7, 11) is 0. The van der Waals surface area contributed by atoms with Crippen LogP contribution in [0.15, 0.2) is 66.5 Å². The van der Waals surface area contributed by atoms with E-state index in [2.05, 4.69) is 15.7 Å². The molecule has 1 aliphatic heterocycles. The first-order valence-electron chi connectivity index (χ1n) is 8.85. The Kier molecular flexibility index (Phi) is 4.59. The van der Waals surface area contributed by atoms with Gasteiger partial charge in [0, 0.05) is 5.69 Å². The topological polar surface area (TPSA) is 96.2 Å². The summed E-state index contributed by atoms with van der Waals surface area (Å²) in [5.74, 6) is -1.76. The number of rotatable bonds is 4. The average Bonchev–Trinajstić information content (AvgIpc) is 3.14. The molecule has 0 fully saturated rings. The van der Waals surface area contributed by atoms with Gasteiger partial charge < -0.3 is 15.7 Å². The van der Waals surface area contributed by atoms with Gasteiger partial charge in [0.1, 0.15) is 22.9 Å². The van der Waals surface area contributed by atoms with Crippen molar-refractivity contribution in [3.63, 3.8) is 0 Å². The van der Waals surface area contributed by atoms with Gasteiger partial charge in [-0.3, -0.25) is 4.79 Å². The van der Waals surface area contributed by atoms with Gasteiger partial charge in [-0.2, -0.15) is 5.10 Å². The molecule has 146 valence electrons. The smallest absolute Gasteiger partial charge is 0.352 e. The van der Waals surface area contributed by atoms with Gasteiger partial charge in [0.25, 0.3) is 5.91 Å². The highest BCUT2D eigenvalue weighted by atomic mass is 19.1. The van der Waals surface area contributed by atoms with Gasteiger partial charge in [-0.1, -0.05) is 29.8 Å². The lowest BCUT2D eigenvalue weighted by Crippen LogP contribution is -2.25. The van der Waals surface area contributed by atoms with Crippen molar-refractivity contribution in [1.82, 2.24) is 9.78 Å². The highest BCUT2D eigenvalue weighted by Crippen LogP contribution is 2.32. The molecule has 1 atom stereocenters. The van der Waals surface area contributed by atoms with E-state index in [9.17, 15) is 19.1 Å². The number of halogens is 1. The molecule has 0 spiro atoms. The zero-order chi connectivity index (χ0) is 20.5. The van der Waals surface area contributed by atoms with Crippen LogP contribution >= 0.6 is 0 Å². The number of amides is 1. The quantitative estimate of drug-likeness (QED) is 0.631. The maximum atomic E-state index is 13.1. The minimum atomic E-state index is -1.14. The highest BCUT2D eigenvalue weighted by molar-refractivity contribution is 6.08. The first-order valence-corrected chi connectivity index (χ1v) is 8.85. The van der Waals surface area contributed by atoms with Crippen molar-refractivity contribution in [2.24, 2.45) is 0 Å². The van der Waals surface area contributed by atoms with Crippen molar-refractivity contribution in [2.45, 2.75) is 13.0 Å². The number of carboxylic acid groups (broad SMARTS) is 1. The van der Waals surface area contributed by atoms with E-state index in [-0.39, 0.29) is 17.1 Å². The summed E-state index contributed by atoms with van der Waals surface area (Å²) in [5.41, 5.74) is 2.46. The second-order valence-electron chi connectivity index (χ2n) is 6.68. The number of benzene rings is 2. The number of aryl methyl sites for hydroxylation is 1. The maximum Gasteiger partial charge on any atom is 0.352 e. The first-order chi connectivity index (χ1) is 13.9. The number of carbonyl (C=O) groups is 2. The Morgan fingerprint density at radius 3 is 2.48 bits per heavy atom. The molecule has 2 aromatic carbocycles. The molecule has 1 unspecified atom stereocenters. The molecule has 0 saturated heterocycles. The zero-order valence-electron chi connectivity index (χ0n) is 15.4. The van der Waals surface area contributed by atoms with Gasteiger partial charge in [-0.25, -0.2) is 13.9 Å². The van der Waals surface area contributed by atoms with E-state index < -0.39 is 23.7 Å². The van der Waals surface area contributed by atoms with Crippen LogP contribution in [0.4, 0.5) is 15.9 Å². The van der Waals surface area contributed by atoms with Gasteiger partial charge in [0.15, 0.2) is 0 Å². The molecule has 0 bridgehead atoms. The lowest BCUT2D eigenvalue weighted by Gasteiger charge is -2.24. The minimum Gasteiger partial charge on any atom is -0.477 e. The molecule has 1 aliphatic rings. The number of aliphatic carboxylic acids is 1. The molecule has 29 heavy (non-hydrogen) atoms. The van der Waals surface area contributed by atoms with Gasteiger partial charge in [-0.15, -0.1) is 0 Å².